The van der Waals surface area contributed by atoms with E-state index >= 15 is 0 Å². The Bertz CT molecular complexity index is 325. The van der Waals surface area contributed by atoms with Crippen LogP contribution < -0.4 is 0 Å². The van der Waals surface area contributed by atoms with Crippen molar-refractivity contribution < 1.29 is 19.8 Å². The van der Waals surface area contributed by atoms with Crippen LogP contribution in [0.15, 0.2) is 0 Å². The van der Waals surface area contributed by atoms with Crippen molar-refractivity contribution in [3.63, 3.8) is 0 Å². The fraction of sp³-hybridized carbons (Fsp3) is 0.750. The van der Waals surface area contributed by atoms with Crippen molar-refractivity contribution in [3.8, 4) is 6.07 Å². The van der Waals surface area contributed by atoms with Gasteiger partial charge in [-0.3, -0.25) is 14.5 Å². The first-order valence-electron chi connectivity index (χ1n) is 6.00. The Hall–Kier alpha value is -1.61. The highest BCUT2D eigenvalue weighted by atomic mass is 16.4. The van der Waals surface area contributed by atoms with Gasteiger partial charge in [-0.05, 0) is 6.42 Å². The molecular formula is C12H20N2O4. The summed E-state index contributed by atoms with van der Waals surface area (Å²) < 4.78 is 0. The number of aliphatic carboxylic acids is 2. The average Bonchev–Trinajstić information content (AvgIpc) is 2.28. The van der Waals surface area contributed by atoms with Gasteiger partial charge in [-0.1, -0.05) is 26.7 Å². The molecule has 102 valence electrons. The molecule has 6 nitrogen and oxygen atoms in total. The lowest BCUT2D eigenvalue weighted by atomic mass is 10.1. The predicted molar refractivity (Wildman–Crippen MR) is 64.9 cm³/mol. The van der Waals surface area contributed by atoms with Gasteiger partial charge in [0.05, 0.1) is 18.5 Å². The van der Waals surface area contributed by atoms with Gasteiger partial charge >= 0.3 is 11.9 Å². The van der Waals surface area contributed by atoms with E-state index in [0.717, 1.165) is 12.8 Å². The summed E-state index contributed by atoms with van der Waals surface area (Å²) >= 11 is 0. The molecule has 0 radical (unpaired) electrons. The minimum atomic E-state index is -1.00. The highest BCUT2D eigenvalue weighted by molar-refractivity contribution is 5.74. The molecule has 0 aromatic carbocycles. The standard InChI is InChI=1S/C12H20N2O4/c1-3-4-5-10(12(17)18)14(7-6-13)8-9(2)11(15)16/h9-10H,3-5,7-8H2,1-2H3,(H,15,16)(H,17,18). The Morgan fingerprint density at radius 2 is 1.94 bits per heavy atom. The van der Waals surface area contributed by atoms with Gasteiger partial charge in [0.1, 0.15) is 6.04 Å². The lowest BCUT2D eigenvalue weighted by Gasteiger charge is -2.27. The Balaban J connectivity index is 4.74. The van der Waals surface area contributed by atoms with Gasteiger partial charge in [0.15, 0.2) is 0 Å². The Morgan fingerprint density at radius 3 is 2.33 bits per heavy atom. The third kappa shape index (κ3) is 5.64. The number of carboxylic acids is 2. The fourth-order valence-electron chi connectivity index (χ4n) is 1.68. The number of unbranched alkanes of at least 4 members (excludes halogenated alkanes) is 1. The van der Waals surface area contributed by atoms with E-state index in [4.69, 9.17) is 15.5 Å². The molecule has 0 rings (SSSR count). The maximum Gasteiger partial charge on any atom is 0.320 e. The van der Waals surface area contributed by atoms with Gasteiger partial charge in [0.2, 0.25) is 0 Å². The second-order valence-electron chi connectivity index (χ2n) is 4.32. The van der Waals surface area contributed by atoms with Gasteiger partial charge in [0.25, 0.3) is 0 Å². The largest absolute Gasteiger partial charge is 0.481 e. The Morgan fingerprint density at radius 1 is 1.33 bits per heavy atom. The van der Waals surface area contributed by atoms with Crippen LogP contribution >= 0.6 is 0 Å². The number of nitriles is 1. The molecule has 0 saturated heterocycles. The molecule has 0 fully saturated rings. The topological polar surface area (TPSA) is 102 Å². The molecule has 18 heavy (non-hydrogen) atoms. The minimum Gasteiger partial charge on any atom is -0.481 e. The maximum atomic E-state index is 11.2. The van der Waals surface area contributed by atoms with Crippen LogP contribution in [0, 0.1) is 17.2 Å². The van der Waals surface area contributed by atoms with Crippen LogP contribution in [-0.4, -0.2) is 46.2 Å². The van der Waals surface area contributed by atoms with E-state index in [1.165, 1.54) is 11.8 Å². The number of carbonyl (C=O) groups is 2. The average molecular weight is 256 g/mol. The fourth-order valence-corrected chi connectivity index (χ4v) is 1.68. The summed E-state index contributed by atoms with van der Waals surface area (Å²) in [7, 11) is 0. The van der Waals surface area contributed by atoms with E-state index in [0.29, 0.717) is 6.42 Å². The van der Waals surface area contributed by atoms with Gasteiger partial charge in [-0.25, -0.2) is 0 Å². The highest BCUT2D eigenvalue weighted by Gasteiger charge is 2.27. The quantitative estimate of drug-likeness (QED) is 0.600. The van der Waals surface area contributed by atoms with Gasteiger partial charge < -0.3 is 10.2 Å². The van der Waals surface area contributed by atoms with Crippen molar-refractivity contribution in [1.29, 1.82) is 5.26 Å². The smallest absolute Gasteiger partial charge is 0.320 e. The lowest BCUT2D eigenvalue weighted by molar-refractivity contribution is -0.147. The maximum absolute atomic E-state index is 11.2. The van der Waals surface area contributed by atoms with Gasteiger partial charge in [0, 0.05) is 6.54 Å². The molecule has 0 aromatic heterocycles. The van der Waals surface area contributed by atoms with Crippen LogP contribution in [0.3, 0.4) is 0 Å². The molecule has 2 unspecified atom stereocenters. The summed E-state index contributed by atoms with van der Waals surface area (Å²) in [6.45, 7) is 3.46. The van der Waals surface area contributed by atoms with Crippen LogP contribution in [-0.2, 0) is 9.59 Å². The number of hydrogen-bond acceptors (Lipinski definition) is 4. The zero-order chi connectivity index (χ0) is 14.1. The summed E-state index contributed by atoms with van der Waals surface area (Å²) in [5.41, 5.74) is 0. The minimum absolute atomic E-state index is 0.0711. The third-order valence-electron chi connectivity index (χ3n) is 2.76. The van der Waals surface area contributed by atoms with Crippen molar-refractivity contribution in [2.45, 2.75) is 39.2 Å². The molecule has 0 saturated carbocycles. The number of nitrogens with zero attached hydrogens (tertiary/aromatic N) is 2. The van der Waals surface area contributed by atoms with Crippen molar-refractivity contribution in [1.82, 2.24) is 4.90 Å². The molecule has 6 heteroatoms. The zero-order valence-corrected chi connectivity index (χ0v) is 10.8. The van der Waals surface area contributed by atoms with Crippen molar-refractivity contribution in [3.05, 3.63) is 0 Å². The Labute approximate surface area is 107 Å². The van der Waals surface area contributed by atoms with Crippen LogP contribution in [0.1, 0.15) is 33.1 Å². The number of carboxylic acid groups (broad SMARTS) is 2. The van der Waals surface area contributed by atoms with Crippen LogP contribution in [0.25, 0.3) is 0 Å². The summed E-state index contributed by atoms with van der Waals surface area (Å²) in [5, 5.41) is 26.7. The molecule has 0 spiro atoms. The molecule has 0 aliphatic carbocycles. The van der Waals surface area contributed by atoms with Crippen LogP contribution in [0.2, 0.25) is 0 Å². The Kier molecular flexibility index (Phi) is 7.72. The van der Waals surface area contributed by atoms with Crippen LogP contribution in [0.5, 0.6) is 0 Å². The summed E-state index contributed by atoms with van der Waals surface area (Å²) in [6, 6.07) is 1.11. The van der Waals surface area contributed by atoms with Crippen molar-refractivity contribution >= 4 is 11.9 Å². The van der Waals surface area contributed by atoms with Gasteiger partial charge in [-0.2, -0.15) is 5.26 Å². The molecule has 2 atom stereocenters. The lowest BCUT2D eigenvalue weighted by Crippen LogP contribution is -2.44. The zero-order valence-electron chi connectivity index (χ0n) is 10.8. The van der Waals surface area contributed by atoms with E-state index in [-0.39, 0.29) is 13.1 Å². The molecule has 0 aromatic rings. The molecular weight excluding hydrogens is 236 g/mol. The van der Waals surface area contributed by atoms with E-state index < -0.39 is 23.9 Å². The SMILES string of the molecule is CCCCC(C(=O)O)N(CC#N)CC(C)C(=O)O. The first-order valence-corrected chi connectivity index (χ1v) is 6.00. The molecule has 2 N–H and O–H groups in total. The molecule has 0 heterocycles. The van der Waals surface area contributed by atoms with E-state index in [1.54, 1.807) is 0 Å². The second-order valence-corrected chi connectivity index (χ2v) is 4.32. The number of hydrogen-bond donors (Lipinski definition) is 2. The normalized spacial score (nSPS) is 13.9. The summed E-state index contributed by atoms with van der Waals surface area (Å²) in [4.78, 5) is 23.4. The second kappa shape index (κ2) is 8.48. The van der Waals surface area contributed by atoms with E-state index in [1.807, 2.05) is 13.0 Å². The van der Waals surface area contributed by atoms with Crippen molar-refractivity contribution in [2.24, 2.45) is 5.92 Å². The van der Waals surface area contributed by atoms with Crippen LogP contribution in [0.4, 0.5) is 0 Å². The first-order chi connectivity index (χ1) is 8.43. The third-order valence-corrected chi connectivity index (χ3v) is 2.76. The molecule has 0 bridgehead atoms. The monoisotopic (exact) mass is 256 g/mol. The first kappa shape index (κ1) is 16.4. The van der Waals surface area contributed by atoms with Crippen molar-refractivity contribution in [2.75, 3.05) is 13.1 Å². The van der Waals surface area contributed by atoms with E-state index in [2.05, 4.69) is 0 Å². The molecule has 0 aliphatic heterocycles. The predicted octanol–water partition coefficient (Wildman–Crippen LogP) is 1.18. The van der Waals surface area contributed by atoms with E-state index in [9.17, 15) is 9.59 Å². The molecule has 0 aliphatic rings. The van der Waals surface area contributed by atoms with Gasteiger partial charge in [-0.15, -0.1) is 0 Å². The summed E-state index contributed by atoms with van der Waals surface area (Å²) in [6.07, 6.45) is 2.03. The summed E-state index contributed by atoms with van der Waals surface area (Å²) in [5.74, 6) is -2.68. The highest BCUT2D eigenvalue weighted by Crippen LogP contribution is 2.12. The molecule has 0 amide bonds. The number of rotatable bonds is 9.